The molecule has 0 spiro atoms. The van der Waals surface area contributed by atoms with E-state index in [2.05, 4.69) is 25.1 Å². The number of piperidine rings is 1. The summed E-state index contributed by atoms with van der Waals surface area (Å²) in [4.78, 5) is 21.6. The summed E-state index contributed by atoms with van der Waals surface area (Å²) in [5, 5.41) is 8.23. The third-order valence-corrected chi connectivity index (χ3v) is 3.84. The Morgan fingerprint density at radius 3 is 2.83 bits per heavy atom. The van der Waals surface area contributed by atoms with Crippen LogP contribution in [-0.4, -0.2) is 43.9 Å². The Labute approximate surface area is 133 Å². The van der Waals surface area contributed by atoms with Crippen molar-refractivity contribution < 1.29 is 9.32 Å². The first-order valence-electron chi connectivity index (χ1n) is 7.64. The number of primary amides is 1. The van der Waals surface area contributed by atoms with Crippen LogP contribution in [0, 0.1) is 0 Å². The van der Waals surface area contributed by atoms with Gasteiger partial charge in [-0.15, -0.1) is 5.10 Å². The van der Waals surface area contributed by atoms with Gasteiger partial charge < -0.3 is 15.2 Å². The number of hydrogen-bond donors (Lipinski definition) is 1. The quantitative estimate of drug-likeness (QED) is 0.893. The maximum atomic E-state index is 11.1. The van der Waals surface area contributed by atoms with Gasteiger partial charge in [0.1, 0.15) is 6.33 Å². The third-order valence-electron chi connectivity index (χ3n) is 3.84. The summed E-state index contributed by atoms with van der Waals surface area (Å²) in [6.07, 6.45) is 3.46. The molecular weight excluding hydrogens is 298 g/mol. The summed E-state index contributed by atoms with van der Waals surface area (Å²) in [6, 6.07) is 0.0981. The van der Waals surface area contributed by atoms with Gasteiger partial charge in [0.05, 0.1) is 6.04 Å². The van der Waals surface area contributed by atoms with Gasteiger partial charge in [0.2, 0.25) is 11.7 Å². The topological polar surface area (TPSA) is 116 Å². The van der Waals surface area contributed by atoms with E-state index in [1.54, 1.807) is 11.0 Å². The first-order chi connectivity index (χ1) is 10.8. The number of amides is 1. The molecule has 0 saturated carbocycles. The van der Waals surface area contributed by atoms with Crippen LogP contribution in [0.3, 0.4) is 0 Å². The van der Waals surface area contributed by atoms with Crippen LogP contribution < -0.4 is 10.6 Å². The number of anilines is 1. The lowest BCUT2D eigenvalue weighted by atomic mass is 9.97. The molecule has 2 N–H and O–H groups in total. The van der Waals surface area contributed by atoms with Gasteiger partial charge in [-0.1, -0.05) is 20.8 Å². The van der Waals surface area contributed by atoms with Gasteiger partial charge >= 0.3 is 0 Å². The van der Waals surface area contributed by atoms with Crippen molar-refractivity contribution in [1.82, 2.24) is 24.9 Å². The van der Waals surface area contributed by atoms with Crippen molar-refractivity contribution in [1.29, 1.82) is 0 Å². The average molecular weight is 319 g/mol. The molecule has 2 aromatic rings. The highest BCUT2D eigenvalue weighted by Gasteiger charge is 2.28. The summed E-state index contributed by atoms with van der Waals surface area (Å²) in [7, 11) is 0. The molecule has 23 heavy (non-hydrogen) atoms. The van der Waals surface area contributed by atoms with Crippen molar-refractivity contribution in [3.05, 3.63) is 18.0 Å². The van der Waals surface area contributed by atoms with E-state index >= 15 is 0 Å². The third kappa shape index (κ3) is 3.17. The van der Waals surface area contributed by atoms with Gasteiger partial charge in [-0.25, -0.2) is 9.67 Å². The van der Waals surface area contributed by atoms with Crippen molar-refractivity contribution in [3.8, 4) is 0 Å². The summed E-state index contributed by atoms with van der Waals surface area (Å²) >= 11 is 0. The molecule has 0 aromatic carbocycles. The molecule has 0 unspecified atom stereocenters. The largest absolute Gasteiger partial charge is 0.363 e. The van der Waals surface area contributed by atoms with Crippen LogP contribution in [0.5, 0.6) is 0 Å². The van der Waals surface area contributed by atoms with Gasteiger partial charge in [-0.3, -0.25) is 4.79 Å². The zero-order valence-electron chi connectivity index (χ0n) is 13.6. The van der Waals surface area contributed by atoms with Crippen LogP contribution in [0.25, 0.3) is 0 Å². The predicted octanol–water partition coefficient (Wildman–Crippen LogP) is 0.899. The SMILES string of the molecule is CC(C)(C)c1nc(N2CCC[C@@H](n3cnc(C(N)=O)n3)C2)no1. The smallest absolute Gasteiger partial charge is 0.288 e. The molecule has 0 radical (unpaired) electrons. The van der Waals surface area contributed by atoms with E-state index in [-0.39, 0.29) is 17.3 Å². The molecule has 3 rings (SSSR count). The van der Waals surface area contributed by atoms with E-state index in [1.165, 1.54) is 0 Å². The van der Waals surface area contributed by atoms with Gasteiger partial charge in [0, 0.05) is 18.5 Å². The van der Waals surface area contributed by atoms with Gasteiger partial charge in [0.15, 0.2) is 0 Å². The van der Waals surface area contributed by atoms with Crippen LogP contribution >= 0.6 is 0 Å². The predicted molar refractivity (Wildman–Crippen MR) is 82.0 cm³/mol. The molecule has 3 heterocycles. The zero-order valence-corrected chi connectivity index (χ0v) is 13.6. The standard InChI is InChI=1S/C14H21N7O2/c1-14(2,3)12-17-13(19-23-12)20-6-4-5-9(7-20)21-8-16-11(18-21)10(15)22/h8-9H,4-7H2,1-3H3,(H2,15,22)/t9-/m1/s1. The van der Waals surface area contributed by atoms with Gasteiger partial charge in [-0.2, -0.15) is 4.98 Å². The Balaban J connectivity index is 1.75. The normalized spacial score (nSPS) is 19.1. The molecular formula is C14H21N7O2. The first-order valence-corrected chi connectivity index (χ1v) is 7.64. The number of rotatable bonds is 3. The Morgan fingerprint density at radius 1 is 1.43 bits per heavy atom. The van der Waals surface area contributed by atoms with Crippen molar-refractivity contribution in [3.63, 3.8) is 0 Å². The van der Waals surface area contributed by atoms with Gasteiger partial charge in [-0.05, 0) is 18.0 Å². The maximum absolute atomic E-state index is 11.1. The van der Waals surface area contributed by atoms with Crippen LogP contribution in [-0.2, 0) is 5.41 Å². The van der Waals surface area contributed by atoms with Crippen molar-refractivity contribution in [2.24, 2.45) is 5.73 Å². The van der Waals surface area contributed by atoms with Crippen LogP contribution in [0.4, 0.5) is 5.95 Å². The number of carbonyl (C=O) groups is 1. The second-order valence-electron chi connectivity index (χ2n) is 6.80. The van der Waals surface area contributed by atoms with Gasteiger partial charge in [0.25, 0.3) is 11.9 Å². The second kappa shape index (κ2) is 5.64. The monoisotopic (exact) mass is 319 g/mol. The number of carbonyl (C=O) groups excluding carboxylic acids is 1. The zero-order chi connectivity index (χ0) is 16.6. The van der Waals surface area contributed by atoms with E-state index in [9.17, 15) is 4.79 Å². The lowest BCUT2D eigenvalue weighted by Gasteiger charge is -2.31. The lowest BCUT2D eigenvalue weighted by molar-refractivity contribution is 0.0990. The average Bonchev–Trinajstić information content (AvgIpc) is 3.16. The van der Waals surface area contributed by atoms with E-state index in [1.807, 2.05) is 20.8 Å². The highest BCUT2D eigenvalue weighted by atomic mass is 16.5. The van der Waals surface area contributed by atoms with Crippen molar-refractivity contribution in [2.75, 3.05) is 18.0 Å². The van der Waals surface area contributed by atoms with E-state index in [0.717, 1.165) is 19.4 Å². The molecule has 1 fully saturated rings. The van der Waals surface area contributed by atoms with E-state index in [4.69, 9.17) is 10.3 Å². The Kier molecular flexibility index (Phi) is 3.78. The summed E-state index contributed by atoms with van der Waals surface area (Å²) < 4.78 is 7.05. The fraction of sp³-hybridized carbons (Fsp3) is 0.643. The Hall–Kier alpha value is -2.45. The molecule has 1 saturated heterocycles. The molecule has 9 nitrogen and oxygen atoms in total. The van der Waals surface area contributed by atoms with E-state index in [0.29, 0.717) is 18.4 Å². The molecule has 1 aliphatic rings. The molecule has 0 bridgehead atoms. The summed E-state index contributed by atoms with van der Waals surface area (Å²) in [6.45, 7) is 7.64. The fourth-order valence-corrected chi connectivity index (χ4v) is 2.56. The van der Waals surface area contributed by atoms with Crippen LogP contribution in [0.1, 0.15) is 56.2 Å². The van der Waals surface area contributed by atoms with Crippen molar-refractivity contribution in [2.45, 2.75) is 45.1 Å². The van der Waals surface area contributed by atoms with Crippen LogP contribution in [0.2, 0.25) is 0 Å². The number of aromatic nitrogens is 5. The maximum Gasteiger partial charge on any atom is 0.288 e. The number of nitrogens with zero attached hydrogens (tertiary/aromatic N) is 6. The molecule has 1 aliphatic heterocycles. The number of hydrogen-bond acceptors (Lipinski definition) is 7. The minimum Gasteiger partial charge on any atom is -0.363 e. The molecule has 2 aromatic heterocycles. The summed E-state index contributed by atoms with van der Waals surface area (Å²) in [5.74, 6) is 0.627. The summed E-state index contributed by atoms with van der Waals surface area (Å²) in [5.41, 5.74) is 5.02. The second-order valence-corrected chi connectivity index (χ2v) is 6.80. The molecule has 0 aliphatic carbocycles. The lowest BCUT2D eigenvalue weighted by Crippen LogP contribution is -2.37. The fourth-order valence-electron chi connectivity index (χ4n) is 2.56. The highest BCUT2D eigenvalue weighted by molar-refractivity contribution is 5.88. The Morgan fingerprint density at radius 2 is 2.22 bits per heavy atom. The molecule has 9 heteroatoms. The molecule has 124 valence electrons. The highest BCUT2D eigenvalue weighted by Crippen LogP contribution is 2.26. The minimum atomic E-state index is -0.621. The Bertz CT molecular complexity index is 700. The van der Waals surface area contributed by atoms with Crippen LogP contribution in [0.15, 0.2) is 10.9 Å². The number of nitrogens with two attached hydrogens (primary N) is 1. The van der Waals surface area contributed by atoms with E-state index < -0.39 is 5.91 Å². The molecule has 1 amide bonds. The van der Waals surface area contributed by atoms with Crippen molar-refractivity contribution >= 4 is 11.9 Å². The first kappa shape index (κ1) is 15.4. The molecule has 1 atom stereocenters. The minimum absolute atomic E-state index is 0.0386.